The van der Waals surface area contributed by atoms with Crippen LogP contribution in [0.25, 0.3) is 89.2 Å². The van der Waals surface area contributed by atoms with E-state index in [0.717, 1.165) is 39.2 Å². The molecule has 0 spiro atoms. The van der Waals surface area contributed by atoms with Crippen LogP contribution in [0.5, 0.6) is 0 Å². The fraction of sp³-hybridized carbons (Fsp3) is 0.0426. The molecule has 52 heavy (non-hydrogen) atoms. The Morgan fingerprint density at radius 3 is 1.40 bits per heavy atom. The van der Waals surface area contributed by atoms with Crippen LogP contribution in [0.15, 0.2) is 164 Å². The molecule has 10 aromatic rings. The second kappa shape index (κ2) is 11.9. The van der Waals surface area contributed by atoms with Crippen molar-refractivity contribution in [1.29, 1.82) is 0 Å². The third kappa shape index (κ3) is 4.74. The Balaban J connectivity index is 1.15. The fourth-order valence-corrected chi connectivity index (χ4v) is 7.77. The number of hydrogen-bond donors (Lipinski definition) is 0. The molecule has 3 heterocycles. The summed E-state index contributed by atoms with van der Waals surface area (Å²) in [4.78, 5) is 15.0. The quantitative estimate of drug-likeness (QED) is 0.184. The normalized spacial score (nSPS) is 11.7. The van der Waals surface area contributed by atoms with E-state index in [2.05, 4.69) is 126 Å². The van der Waals surface area contributed by atoms with Crippen molar-refractivity contribution < 1.29 is 0 Å². The second-order valence-electron chi connectivity index (χ2n) is 13.4. The van der Waals surface area contributed by atoms with E-state index in [1.54, 1.807) is 0 Å². The van der Waals surface area contributed by atoms with E-state index < -0.39 is 0 Å². The molecule has 3 aromatic heterocycles. The molecule has 7 aromatic carbocycles. The first-order valence-corrected chi connectivity index (χ1v) is 17.6. The molecule has 0 fully saturated rings. The lowest BCUT2D eigenvalue weighted by Crippen LogP contribution is -2.03. The van der Waals surface area contributed by atoms with Crippen LogP contribution in [0.4, 0.5) is 0 Å². The average molecular weight is 668 g/mol. The maximum absolute atomic E-state index is 5.04. The van der Waals surface area contributed by atoms with Gasteiger partial charge in [0.15, 0.2) is 17.5 Å². The van der Waals surface area contributed by atoms with E-state index in [1.807, 2.05) is 60.7 Å². The lowest BCUT2D eigenvalue weighted by atomic mass is 10.0. The predicted octanol–water partition coefficient (Wildman–Crippen LogP) is 11.7. The van der Waals surface area contributed by atoms with Gasteiger partial charge in [-0.1, -0.05) is 115 Å². The summed E-state index contributed by atoms with van der Waals surface area (Å²) in [5.74, 6) is 1.98. The maximum Gasteiger partial charge on any atom is 0.164 e. The van der Waals surface area contributed by atoms with Gasteiger partial charge in [0.1, 0.15) is 0 Å². The third-order valence-electron chi connectivity index (χ3n) is 10.2. The van der Waals surface area contributed by atoms with Crippen molar-refractivity contribution in [2.45, 2.75) is 13.8 Å². The monoisotopic (exact) mass is 667 g/mol. The van der Waals surface area contributed by atoms with E-state index in [0.29, 0.717) is 17.5 Å². The first-order chi connectivity index (χ1) is 25.6. The van der Waals surface area contributed by atoms with Crippen molar-refractivity contribution in [2.24, 2.45) is 0 Å². The molecule has 0 radical (unpaired) electrons. The maximum atomic E-state index is 5.04. The molecule has 10 rings (SSSR count). The summed E-state index contributed by atoms with van der Waals surface area (Å²) in [5, 5.41) is 4.96. The molecule has 5 heteroatoms. The minimum Gasteiger partial charge on any atom is -0.309 e. The SMILES string of the molecule is Cc1cc(-n2c3ccccc3c3cc(-n4c5ccccc5c5ccccc54)ccc32)c(C)cc1-c1nc(-c2ccccc2)nc(-c2ccccc2)n1. The van der Waals surface area contributed by atoms with Crippen LogP contribution in [-0.2, 0) is 0 Å². The van der Waals surface area contributed by atoms with Crippen LogP contribution in [0, 0.1) is 13.8 Å². The van der Waals surface area contributed by atoms with Gasteiger partial charge in [-0.2, -0.15) is 0 Å². The molecule has 0 bridgehead atoms. The van der Waals surface area contributed by atoms with E-state index in [-0.39, 0.29) is 0 Å². The van der Waals surface area contributed by atoms with Gasteiger partial charge in [-0.25, -0.2) is 15.0 Å². The largest absolute Gasteiger partial charge is 0.309 e. The summed E-state index contributed by atoms with van der Waals surface area (Å²) in [6.45, 7) is 4.34. The van der Waals surface area contributed by atoms with Gasteiger partial charge in [0, 0.05) is 49.6 Å². The van der Waals surface area contributed by atoms with Crippen molar-refractivity contribution in [3.05, 3.63) is 175 Å². The predicted molar refractivity (Wildman–Crippen MR) is 214 cm³/mol. The molecule has 0 atom stereocenters. The van der Waals surface area contributed by atoms with Gasteiger partial charge in [-0.05, 0) is 73.5 Å². The fourth-order valence-electron chi connectivity index (χ4n) is 7.77. The van der Waals surface area contributed by atoms with Crippen LogP contribution >= 0.6 is 0 Å². The number of benzene rings is 7. The summed E-state index contributed by atoms with van der Waals surface area (Å²) in [5.41, 5.74) is 12.2. The number of fused-ring (bicyclic) bond motifs is 6. The number of nitrogens with zero attached hydrogens (tertiary/aromatic N) is 5. The van der Waals surface area contributed by atoms with E-state index in [9.17, 15) is 0 Å². The van der Waals surface area contributed by atoms with Crippen molar-refractivity contribution in [3.63, 3.8) is 0 Å². The van der Waals surface area contributed by atoms with Crippen LogP contribution in [-0.4, -0.2) is 24.1 Å². The van der Waals surface area contributed by atoms with Gasteiger partial charge >= 0.3 is 0 Å². The number of para-hydroxylation sites is 3. The minimum atomic E-state index is 0.659. The Kier molecular flexibility index (Phi) is 6.86. The van der Waals surface area contributed by atoms with Crippen molar-refractivity contribution in [2.75, 3.05) is 0 Å². The molecule has 0 amide bonds. The molecule has 0 saturated carbocycles. The molecule has 0 aliphatic rings. The molecule has 0 unspecified atom stereocenters. The summed E-state index contributed by atoms with van der Waals surface area (Å²) >= 11 is 0. The minimum absolute atomic E-state index is 0.659. The zero-order chi connectivity index (χ0) is 34.8. The molecule has 246 valence electrons. The van der Waals surface area contributed by atoms with E-state index in [4.69, 9.17) is 15.0 Å². The smallest absolute Gasteiger partial charge is 0.164 e. The Morgan fingerprint density at radius 1 is 0.365 bits per heavy atom. The highest BCUT2D eigenvalue weighted by Crippen LogP contribution is 2.38. The van der Waals surface area contributed by atoms with Gasteiger partial charge in [0.25, 0.3) is 0 Å². The van der Waals surface area contributed by atoms with Crippen molar-refractivity contribution in [3.8, 4) is 45.5 Å². The van der Waals surface area contributed by atoms with Crippen LogP contribution in [0.2, 0.25) is 0 Å². The Morgan fingerprint density at radius 2 is 0.827 bits per heavy atom. The third-order valence-corrected chi connectivity index (χ3v) is 10.2. The van der Waals surface area contributed by atoms with Gasteiger partial charge in [-0.15, -0.1) is 0 Å². The lowest BCUT2D eigenvalue weighted by molar-refractivity contribution is 1.07. The molecule has 5 nitrogen and oxygen atoms in total. The van der Waals surface area contributed by atoms with Gasteiger partial charge < -0.3 is 9.13 Å². The standard InChI is InChI=1S/C47H33N5/c1-30-28-44(31(2)27-38(30)47-49-45(32-15-5-3-6-16-32)48-46(50-47)33-17-7-4-8-18-33)52-42-24-14-11-21-37(42)39-29-34(25-26-43(39)52)51-40-22-12-9-19-35(40)36-20-10-13-23-41(36)51/h3-29H,1-2H3. The average Bonchev–Trinajstić information content (AvgIpc) is 3.71. The Hall–Kier alpha value is -6.85. The molecule has 0 N–H and O–H groups in total. The van der Waals surface area contributed by atoms with Crippen molar-refractivity contribution in [1.82, 2.24) is 24.1 Å². The lowest BCUT2D eigenvalue weighted by Gasteiger charge is -2.16. The Labute approximate surface area is 301 Å². The highest BCUT2D eigenvalue weighted by molar-refractivity contribution is 6.12. The van der Waals surface area contributed by atoms with E-state index in [1.165, 1.54) is 43.6 Å². The van der Waals surface area contributed by atoms with Crippen molar-refractivity contribution >= 4 is 43.6 Å². The zero-order valence-corrected chi connectivity index (χ0v) is 28.8. The van der Waals surface area contributed by atoms with Gasteiger partial charge in [0.2, 0.25) is 0 Å². The second-order valence-corrected chi connectivity index (χ2v) is 13.4. The number of rotatable bonds is 5. The number of aromatic nitrogens is 5. The Bertz CT molecular complexity index is 2860. The highest BCUT2D eigenvalue weighted by atomic mass is 15.0. The van der Waals surface area contributed by atoms with Crippen LogP contribution in [0.3, 0.4) is 0 Å². The summed E-state index contributed by atoms with van der Waals surface area (Å²) in [7, 11) is 0. The molecular weight excluding hydrogens is 635 g/mol. The molecule has 0 aliphatic carbocycles. The van der Waals surface area contributed by atoms with Gasteiger partial charge in [0.05, 0.1) is 22.1 Å². The van der Waals surface area contributed by atoms with E-state index >= 15 is 0 Å². The summed E-state index contributed by atoms with van der Waals surface area (Å²) < 4.78 is 4.80. The summed E-state index contributed by atoms with van der Waals surface area (Å²) in [6, 6.07) is 57.8. The molecule has 0 aliphatic heterocycles. The van der Waals surface area contributed by atoms with Crippen LogP contribution in [0.1, 0.15) is 11.1 Å². The number of hydrogen-bond acceptors (Lipinski definition) is 3. The highest BCUT2D eigenvalue weighted by Gasteiger charge is 2.20. The first-order valence-electron chi connectivity index (χ1n) is 17.6. The summed E-state index contributed by atoms with van der Waals surface area (Å²) in [6.07, 6.45) is 0. The topological polar surface area (TPSA) is 48.5 Å². The van der Waals surface area contributed by atoms with Crippen LogP contribution < -0.4 is 0 Å². The zero-order valence-electron chi connectivity index (χ0n) is 28.8. The molecular formula is C47H33N5. The number of aryl methyl sites for hydroxylation is 2. The molecule has 0 saturated heterocycles. The van der Waals surface area contributed by atoms with Gasteiger partial charge in [-0.3, -0.25) is 0 Å². The first kappa shape index (κ1) is 30.0.